The van der Waals surface area contributed by atoms with Gasteiger partial charge in [0, 0.05) is 6.04 Å². The Kier molecular flexibility index (Phi) is 5.37. The molecule has 0 saturated heterocycles. The van der Waals surface area contributed by atoms with Crippen LogP contribution in [0.2, 0.25) is 0 Å². The van der Waals surface area contributed by atoms with E-state index in [0.717, 1.165) is 17.2 Å². The molecule has 0 aromatic carbocycles. The van der Waals surface area contributed by atoms with Gasteiger partial charge in [-0.05, 0) is 13.3 Å². The van der Waals surface area contributed by atoms with Gasteiger partial charge in [-0.3, -0.25) is 5.32 Å². The van der Waals surface area contributed by atoms with Gasteiger partial charge in [0.25, 0.3) is 0 Å². The maximum Gasteiger partial charge on any atom is 0.147 e. The lowest BCUT2D eigenvalue weighted by molar-refractivity contribution is 0.287. The molecule has 1 N–H and O–H groups in total. The predicted octanol–water partition coefficient (Wildman–Crippen LogP) is -0.371. The average Bonchev–Trinajstić information content (AvgIpc) is 1.83. The first-order valence-electron chi connectivity index (χ1n) is 3.03. The van der Waals surface area contributed by atoms with Gasteiger partial charge in [-0.25, -0.2) is 0 Å². The first kappa shape index (κ1) is 8.14. The molecule has 0 amide bonds. The minimum Gasteiger partial charge on any atom is -0.415 e. The van der Waals surface area contributed by atoms with Crippen LogP contribution in [0.15, 0.2) is 0 Å². The van der Waals surface area contributed by atoms with E-state index in [-0.39, 0.29) is 0 Å². The third kappa shape index (κ3) is 4.30. The minimum atomic E-state index is 0.601. The van der Waals surface area contributed by atoms with Crippen LogP contribution in [0.4, 0.5) is 0 Å². The summed E-state index contributed by atoms with van der Waals surface area (Å²) in [5.74, 6) is 0. The lowest BCUT2D eigenvalue weighted by atomic mass is 10.3. The molecule has 0 fully saturated rings. The fraction of sp³-hybridized carbons (Fsp3) is 1.00. The Balaban J connectivity index is 2.86. The van der Waals surface area contributed by atoms with Crippen molar-refractivity contribution in [1.82, 2.24) is 5.32 Å². The number of hydrogen-bond donors (Lipinski definition) is 1. The van der Waals surface area contributed by atoms with Crippen molar-refractivity contribution >= 4 is 10.5 Å². The molecule has 1 atom stereocenters. The van der Waals surface area contributed by atoms with E-state index in [9.17, 15) is 0 Å². The van der Waals surface area contributed by atoms with E-state index < -0.39 is 0 Å². The van der Waals surface area contributed by atoms with Crippen molar-refractivity contribution in [2.24, 2.45) is 0 Å². The highest BCUT2D eigenvalue weighted by Crippen LogP contribution is 1.84. The molecule has 0 aromatic heterocycles. The molecule has 3 heteroatoms. The van der Waals surface area contributed by atoms with Gasteiger partial charge in [0.1, 0.15) is 10.5 Å². The predicted molar refractivity (Wildman–Crippen MR) is 38.8 cm³/mol. The van der Waals surface area contributed by atoms with Crippen molar-refractivity contribution < 1.29 is 4.43 Å². The lowest BCUT2D eigenvalue weighted by Gasteiger charge is -2.08. The molecule has 8 heavy (non-hydrogen) atoms. The van der Waals surface area contributed by atoms with Crippen LogP contribution < -0.4 is 5.32 Å². The molecule has 2 nitrogen and oxygen atoms in total. The Morgan fingerprint density at radius 3 is 2.75 bits per heavy atom. The van der Waals surface area contributed by atoms with Gasteiger partial charge in [0.2, 0.25) is 0 Å². The van der Waals surface area contributed by atoms with Crippen molar-refractivity contribution in [3.05, 3.63) is 0 Å². The fourth-order valence-corrected chi connectivity index (χ4v) is 0.537. The van der Waals surface area contributed by atoms with Gasteiger partial charge in [0.15, 0.2) is 0 Å². The van der Waals surface area contributed by atoms with Gasteiger partial charge in [-0.2, -0.15) is 0 Å². The smallest absolute Gasteiger partial charge is 0.147 e. The zero-order chi connectivity index (χ0) is 6.41. The average molecular weight is 133 g/mol. The molecule has 0 radical (unpaired) electrons. The van der Waals surface area contributed by atoms with Crippen LogP contribution in [-0.4, -0.2) is 23.3 Å². The SMILES string of the molecule is CCC(C)NCO[SiH3]. The normalized spacial score (nSPS) is 14.2. The first-order chi connectivity index (χ1) is 3.81. The van der Waals surface area contributed by atoms with Gasteiger partial charge < -0.3 is 4.43 Å². The summed E-state index contributed by atoms with van der Waals surface area (Å²) in [7, 11) is 0.835. The van der Waals surface area contributed by atoms with Crippen molar-refractivity contribution in [2.45, 2.75) is 26.3 Å². The quantitative estimate of drug-likeness (QED) is 0.417. The minimum absolute atomic E-state index is 0.601. The van der Waals surface area contributed by atoms with Crippen LogP contribution in [0.3, 0.4) is 0 Å². The van der Waals surface area contributed by atoms with Crippen LogP contribution >= 0.6 is 0 Å². The van der Waals surface area contributed by atoms with E-state index in [1.165, 1.54) is 6.42 Å². The van der Waals surface area contributed by atoms with Crippen LogP contribution in [0, 0.1) is 0 Å². The molecule has 50 valence electrons. The molecule has 0 rings (SSSR count). The van der Waals surface area contributed by atoms with Crippen molar-refractivity contribution in [3.8, 4) is 0 Å². The summed E-state index contributed by atoms with van der Waals surface area (Å²) in [5, 5.41) is 3.19. The molecule has 0 bridgehead atoms. The van der Waals surface area contributed by atoms with Gasteiger partial charge >= 0.3 is 0 Å². The second-order valence-electron chi connectivity index (χ2n) is 1.95. The summed E-state index contributed by atoms with van der Waals surface area (Å²) in [6, 6.07) is 0.601. The van der Waals surface area contributed by atoms with E-state index in [4.69, 9.17) is 4.43 Å². The number of nitrogens with one attached hydrogen (secondary N) is 1. The first-order valence-corrected chi connectivity index (χ1v) is 3.85. The van der Waals surface area contributed by atoms with E-state index in [2.05, 4.69) is 19.2 Å². The third-order valence-electron chi connectivity index (χ3n) is 1.19. The molecule has 0 aliphatic carbocycles. The second-order valence-corrected chi connectivity index (χ2v) is 2.52. The summed E-state index contributed by atoms with van der Waals surface area (Å²) >= 11 is 0. The van der Waals surface area contributed by atoms with Gasteiger partial charge in [-0.15, -0.1) is 0 Å². The van der Waals surface area contributed by atoms with E-state index >= 15 is 0 Å². The number of rotatable bonds is 4. The summed E-state index contributed by atoms with van der Waals surface area (Å²) in [5.41, 5.74) is 0. The maximum absolute atomic E-state index is 4.94. The zero-order valence-corrected chi connectivity index (χ0v) is 7.90. The van der Waals surface area contributed by atoms with Crippen molar-refractivity contribution in [2.75, 3.05) is 6.73 Å². The highest BCUT2D eigenvalue weighted by molar-refractivity contribution is 5.97. The van der Waals surface area contributed by atoms with E-state index in [0.29, 0.717) is 6.04 Å². The zero-order valence-electron chi connectivity index (χ0n) is 5.90. The van der Waals surface area contributed by atoms with Crippen molar-refractivity contribution in [1.29, 1.82) is 0 Å². The molecular weight excluding hydrogens is 118 g/mol. The molecular formula is C5H15NOSi. The monoisotopic (exact) mass is 133 g/mol. The fourth-order valence-electron chi connectivity index (χ4n) is 0.370. The van der Waals surface area contributed by atoms with Gasteiger partial charge in [0.05, 0.1) is 6.73 Å². The molecule has 0 spiro atoms. The summed E-state index contributed by atoms with van der Waals surface area (Å²) < 4.78 is 4.94. The largest absolute Gasteiger partial charge is 0.415 e. The Labute approximate surface area is 54.2 Å². The van der Waals surface area contributed by atoms with Crippen LogP contribution in [0.1, 0.15) is 20.3 Å². The Hall–Kier alpha value is 0.137. The topological polar surface area (TPSA) is 21.3 Å². The summed E-state index contributed by atoms with van der Waals surface area (Å²) in [6.45, 7) is 5.03. The molecule has 0 aromatic rings. The molecule has 1 unspecified atom stereocenters. The van der Waals surface area contributed by atoms with Gasteiger partial charge in [-0.1, -0.05) is 6.92 Å². The maximum atomic E-state index is 4.94. The highest BCUT2D eigenvalue weighted by Gasteiger charge is 1.92. The van der Waals surface area contributed by atoms with Crippen LogP contribution in [0.5, 0.6) is 0 Å². The summed E-state index contributed by atoms with van der Waals surface area (Å²) in [4.78, 5) is 0. The second kappa shape index (κ2) is 5.28. The Bertz CT molecular complexity index is 51.7. The third-order valence-corrected chi connectivity index (χ3v) is 1.48. The molecule has 0 aliphatic rings. The van der Waals surface area contributed by atoms with E-state index in [1.807, 2.05) is 0 Å². The Morgan fingerprint density at radius 2 is 2.38 bits per heavy atom. The standard InChI is InChI=1S/C5H15NOSi/c1-3-5(2)6-4-7-8/h5-6H,3-4H2,1-2,8H3. The lowest BCUT2D eigenvalue weighted by Crippen LogP contribution is -2.27. The molecule has 0 heterocycles. The van der Waals surface area contributed by atoms with Crippen molar-refractivity contribution in [3.63, 3.8) is 0 Å². The van der Waals surface area contributed by atoms with E-state index in [1.54, 1.807) is 0 Å². The molecule has 0 saturated carbocycles. The van der Waals surface area contributed by atoms with Crippen LogP contribution in [-0.2, 0) is 4.43 Å². The highest BCUT2D eigenvalue weighted by atomic mass is 28.2. The molecule has 0 aliphatic heterocycles. The van der Waals surface area contributed by atoms with Crippen LogP contribution in [0.25, 0.3) is 0 Å². The summed E-state index contributed by atoms with van der Waals surface area (Å²) in [6.07, 6.45) is 1.17. The number of hydrogen-bond acceptors (Lipinski definition) is 2. The Morgan fingerprint density at radius 1 is 1.75 bits per heavy atom.